The second-order valence-electron chi connectivity index (χ2n) is 6.96. The summed E-state index contributed by atoms with van der Waals surface area (Å²) in [5.41, 5.74) is 2.81. The first-order valence-corrected chi connectivity index (χ1v) is 8.92. The maximum atomic E-state index is 12.4. The summed E-state index contributed by atoms with van der Waals surface area (Å²) in [4.78, 5) is 39.8. The van der Waals surface area contributed by atoms with Gasteiger partial charge in [0.05, 0.1) is 5.92 Å². The van der Waals surface area contributed by atoms with Gasteiger partial charge in [-0.1, -0.05) is 6.92 Å². The highest BCUT2D eigenvalue weighted by Gasteiger charge is 2.36. The van der Waals surface area contributed by atoms with Gasteiger partial charge in [-0.05, 0) is 43.5 Å². The molecule has 6 heteroatoms. The van der Waals surface area contributed by atoms with E-state index in [4.69, 9.17) is 0 Å². The van der Waals surface area contributed by atoms with Crippen LogP contribution < -0.4 is 15.1 Å². The maximum absolute atomic E-state index is 12.4. The van der Waals surface area contributed by atoms with Crippen molar-refractivity contribution in [2.24, 2.45) is 5.92 Å². The van der Waals surface area contributed by atoms with Gasteiger partial charge in [0.1, 0.15) is 0 Å². The molecular weight excluding hydrogens is 318 g/mol. The van der Waals surface area contributed by atoms with Gasteiger partial charge < -0.3 is 15.1 Å². The van der Waals surface area contributed by atoms with Crippen molar-refractivity contribution in [1.82, 2.24) is 5.32 Å². The molecule has 1 saturated heterocycles. The average Bonchev–Trinajstić information content (AvgIpc) is 3.17. The van der Waals surface area contributed by atoms with E-state index >= 15 is 0 Å². The standard InChI is InChI=1S/C19H25N3O3/c1-4-12(2)20-19(25)15-10-18(24)22(11-15)16-5-6-17-14(9-16)7-8-21(17)13(3)23/h5-6,9,12,15H,4,7-8,10-11H2,1-3H3,(H,20,25)/t12-,15-/m0/s1. The molecule has 0 saturated carbocycles. The van der Waals surface area contributed by atoms with Gasteiger partial charge in [-0.25, -0.2) is 0 Å². The highest BCUT2D eigenvalue weighted by atomic mass is 16.2. The Balaban J connectivity index is 1.74. The van der Waals surface area contributed by atoms with Crippen LogP contribution in [0.2, 0.25) is 0 Å². The SMILES string of the molecule is CC[C@H](C)NC(=O)[C@H]1CC(=O)N(c2ccc3c(c2)CCN3C(C)=O)C1. The van der Waals surface area contributed by atoms with E-state index in [9.17, 15) is 14.4 Å². The molecule has 25 heavy (non-hydrogen) atoms. The van der Waals surface area contributed by atoms with E-state index in [1.807, 2.05) is 32.0 Å². The second-order valence-corrected chi connectivity index (χ2v) is 6.96. The lowest BCUT2D eigenvalue weighted by Gasteiger charge is -2.20. The molecule has 2 heterocycles. The minimum Gasteiger partial charge on any atom is -0.353 e. The van der Waals surface area contributed by atoms with Crippen molar-refractivity contribution in [3.05, 3.63) is 23.8 Å². The molecule has 0 spiro atoms. The lowest BCUT2D eigenvalue weighted by atomic mass is 10.1. The van der Waals surface area contributed by atoms with E-state index in [0.29, 0.717) is 13.1 Å². The minimum atomic E-state index is -0.302. The van der Waals surface area contributed by atoms with Gasteiger partial charge in [0.25, 0.3) is 0 Å². The van der Waals surface area contributed by atoms with Crippen molar-refractivity contribution < 1.29 is 14.4 Å². The van der Waals surface area contributed by atoms with Crippen LogP contribution in [0.4, 0.5) is 11.4 Å². The molecule has 2 aliphatic rings. The fourth-order valence-corrected chi connectivity index (χ4v) is 3.48. The Bertz CT molecular complexity index is 716. The van der Waals surface area contributed by atoms with E-state index in [1.165, 1.54) is 0 Å². The molecular formula is C19H25N3O3. The third-order valence-corrected chi connectivity index (χ3v) is 5.15. The third kappa shape index (κ3) is 3.38. The molecule has 3 amide bonds. The molecule has 1 aromatic rings. The molecule has 134 valence electrons. The van der Waals surface area contributed by atoms with Gasteiger partial charge in [-0.15, -0.1) is 0 Å². The summed E-state index contributed by atoms with van der Waals surface area (Å²) < 4.78 is 0. The fourth-order valence-electron chi connectivity index (χ4n) is 3.48. The van der Waals surface area contributed by atoms with E-state index in [0.717, 1.165) is 29.8 Å². The van der Waals surface area contributed by atoms with Gasteiger partial charge in [-0.2, -0.15) is 0 Å². The van der Waals surface area contributed by atoms with Crippen LogP contribution in [0, 0.1) is 5.92 Å². The molecule has 0 unspecified atom stereocenters. The smallest absolute Gasteiger partial charge is 0.227 e. The van der Waals surface area contributed by atoms with E-state index in [-0.39, 0.29) is 36.1 Å². The Labute approximate surface area is 148 Å². The number of fused-ring (bicyclic) bond motifs is 1. The molecule has 3 rings (SSSR count). The topological polar surface area (TPSA) is 69.7 Å². The van der Waals surface area contributed by atoms with Crippen LogP contribution in [0.3, 0.4) is 0 Å². The van der Waals surface area contributed by atoms with E-state index in [2.05, 4.69) is 5.32 Å². The van der Waals surface area contributed by atoms with Crippen LogP contribution in [0.5, 0.6) is 0 Å². The molecule has 1 aromatic carbocycles. The zero-order valence-corrected chi connectivity index (χ0v) is 15.0. The zero-order valence-electron chi connectivity index (χ0n) is 15.0. The maximum Gasteiger partial charge on any atom is 0.227 e. The summed E-state index contributed by atoms with van der Waals surface area (Å²) in [5, 5.41) is 2.96. The van der Waals surface area contributed by atoms with Crippen molar-refractivity contribution in [2.45, 2.75) is 46.1 Å². The Morgan fingerprint density at radius 1 is 1.36 bits per heavy atom. The Kier molecular flexibility index (Phi) is 4.79. The van der Waals surface area contributed by atoms with Gasteiger partial charge >= 0.3 is 0 Å². The Morgan fingerprint density at radius 3 is 2.80 bits per heavy atom. The monoisotopic (exact) mass is 343 g/mol. The van der Waals surface area contributed by atoms with Crippen molar-refractivity contribution in [2.75, 3.05) is 22.9 Å². The molecule has 1 N–H and O–H groups in total. The second kappa shape index (κ2) is 6.86. The largest absolute Gasteiger partial charge is 0.353 e. The summed E-state index contributed by atoms with van der Waals surface area (Å²) in [6.07, 6.45) is 1.91. The van der Waals surface area contributed by atoms with Gasteiger partial charge in [0.2, 0.25) is 17.7 Å². The predicted octanol–water partition coefficient (Wildman–Crippen LogP) is 1.86. The van der Waals surface area contributed by atoms with Crippen LogP contribution in [0.25, 0.3) is 0 Å². The highest BCUT2D eigenvalue weighted by molar-refractivity contribution is 6.01. The van der Waals surface area contributed by atoms with Crippen LogP contribution >= 0.6 is 0 Å². The van der Waals surface area contributed by atoms with Crippen LogP contribution in [-0.4, -0.2) is 36.9 Å². The number of anilines is 2. The van der Waals surface area contributed by atoms with Crippen molar-refractivity contribution in [3.63, 3.8) is 0 Å². The van der Waals surface area contributed by atoms with Crippen molar-refractivity contribution >= 4 is 29.1 Å². The molecule has 0 bridgehead atoms. The fraction of sp³-hybridized carbons (Fsp3) is 0.526. The highest BCUT2D eigenvalue weighted by Crippen LogP contribution is 2.34. The molecule has 2 aliphatic heterocycles. The zero-order chi connectivity index (χ0) is 18.1. The molecule has 0 radical (unpaired) electrons. The van der Waals surface area contributed by atoms with Crippen LogP contribution in [0.15, 0.2) is 18.2 Å². The number of hydrogen-bond acceptors (Lipinski definition) is 3. The number of carbonyl (C=O) groups is 3. The predicted molar refractivity (Wildman–Crippen MR) is 96.5 cm³/mol. The first-order chi connectivity index (χ1) is 11.9. The normalized spacial score (nSPS) is 20.6. The molecule has 0 aromatic heterocycles. The minimum absolute atomic E-state index is 0.0225. The van der Waals surface area contributed by atoms with E-state index < -0.39 is 0 Å². The quantitative estimate of drug-likeness (QED) is 0.907. The summed E-state index contributed by atoms with van der Waals surface area (Å²) >= 11 is 0. The number of rotatable bonds is 4. The lowest BCUT2D eigenvalue weighted by Crippen LogP contribution is -2.38. The van der Waals surface area contributed by atoms with Gasteiger partial charge in [0.15, 0.2) is 0 Å². The molecule has 2 atom stereocenters. The average molecular weight is 343 g/mol. The van der Waals surface area contributed by atoms with Crippen LogP contribution in [-0.2, 0) is 20.8 Å². The number of nitrogens with zero attached hydrogens (tertiary/aromatic N) is 2. The van der Waals surface area contributed by atoms with Gasteiger partial charge in [0, 0.05) is 43.9 Å². The number of benzene rings is 1. The Hall–Kier alpha value is -2.37. The number of carbonyl (C=O) groups excluding carboxylic acids is 3. The number of amides is 3. The van der Waals surface area contributed by atoms with Crippen LogP contribution in [0.1, 0.15) is 39.2 Å². The first-order valence-electron chi connectivity index (χ1n) is 8.92. The van der Waals surface area contributed by atoms with Crippen molar-refractivity contribution in [1.29, 1.82) is 0 Å². The summed E-state index contributed by atoms with van der Waals surface area (Å²) in [7, 11) is 0. The van der Waals surface area contributed by atoms with Gasteiger partial charge in [-0.3, -0.25) is 14.4 Å². The van der Waals surface area contributed by atoms with E-state index in [1.54, 1.807) is 16.7 Å². The van der Waals surface area contributed by atoms with Crippen molar-refractivity contribution in [3.8, 4) is 0 Å². The molecule has 6 nitrogen and oxygen atoms in total. The number of nitrogens with one attached hydrogen (secondary N) is 1. The third-order valence-electron chi connectivity index (χ3n) is 5.15. The molecule has 0 aliphatic carbocycles. The summed E-state index contributed by atoms with van der Waals surface area (Å²) in [6.45, 7) is 6.64. The lowest BCUT2D eigenvalue weighted by molar-refractivity contribution is -0.126. The Morgan fingerprint density at radius 2 is 2.12 bits per heavy atom. The molecule has 1 fully saturated rings. The number of hydrogen-bond donors (Lipinski definition) is 1. The summed E-state index contributed by atoms with van der Waals surface area (Å²) in [6, 6.07) is 5.87. The summed E-state index contributed by atoms with van der Waals surface area (Å²) in [5.74, 6) is -0.339. The first kappa shape index (κ1) is 17.5.